The number of carbonyl (C=O) groups excluding carboxylic acids is 1. The minimum atomic E-state index is -0.995. The monoisotopic (exact) mass is 154 g/mol. The van der Waals surface area contributed by atoms with E-state index in [0.29, 0.717) is 0 Å². The van der Waals surface area contributed by atoms with Gasteiger partial charge in [0.05, 0.1) is 0 Å². The summed E-state index contributed by atoms with van der Waals surface area (Å²) >= 11 is 0. The van der Waals surface area contributed by atoms with Crippen LogP contribution in [0, 0.1) is 0 Å². The highest BCUT2D eigenvalue weighted by Crippen LogP contribution is 2.09. The smallest absolute Gasteiger partial charge is 0.193 e. The maximum Gasteiger partial charge on any atom is 0.193 e. The third kappa shape index (κ3) is 1.77. The molecule has 0 aliphatic carbocycles. The fourth-order valence-corrected chi connectivity index (χ4v) is 0.724. The molecule has 0 radical (unpaired) electrons. The number of rotatable bonds is 2. The van der Waals surface area contributed by atoms with Crippen LogP contribution in [0.1, 0.15) is 10.4 Å². The molecule has 1 aromatic rings. The van der Waals surface area contributed by atoms with Gasteiger partial charge in [0.1, 0.15) is 5.75 Å². The van der Waals surface area contributed by atoms with Crippen molar-refractivity contribution >= 4 is 5.78 Å². The van der Waals surface area contributed by atoms with E-state index < -0.39 is 12.5 Å². The summed E-state index contributed by atoms with van der Waals surface area (Å²) < 4.78 is 11.8. The molecule has 0 aliphatic rings. The molecule has 0 spiro atoms. The van der Waals surface area contributed by atoms with E-state index in [1.165, 1.54) is 24.3 Å². The van der Waals surface area contributed by atoms with Crippen LogP contribution in [0.3, 0.4) is 0 Å². The van der Waals surface area contributed by atoms with Crippen molar-refractivity contribution in [2.45, 2.75) is 0 Å². The van der Waals surface area contributed by atoms with Gasteiger partial charge in [0.25, 0.3) is 0 Å². The van der Waals surface area contributed by atoms with Gasteiger partial charge < -0.3 is 5.11 Å². The molecule has 0 saturated heterocycles. The number of hydrogen-bond donors (Lipinski definition) is 1. The SMILES string of the molecule is O=C(CF)c1ccc(O)cc1. The first-order valence-electron chi connectivity index (χ1n) is 3.12. The van der Waals surface area contributed by atoms with E-state index in [-0.39, 0.29) is 11.3 Å². The van der Waals surface area contributed by atoms with Crippen molar-refractivity contribution in [1.82, 2.24) is 0 Å². The molecule has 0 aliphatic heterocycles. The van der Waals surface area contributed by atoms with Crippen molar-refractivity contribution in [1.29, 1.82) is 0 Å². The van der Waals surface area contributed by atoms with Crippen molar-refractivity contribution in [3.63, 3.8) is 0 Å². The molecule has 0 amide bonds. The minimum Gasteiger partial charge on any atom is -0.508 e. The maximum absolute atomic E-state index is 11.8. The summed E-state index contributed by atoms with van der Waals surface area (Å²) in [6.07, 6.45) is 0. The number of Topliss-reactive ketones (excluding diaryl/α,β-unsaturated/α-hetero) is 1. The first-order chi connectivity index (χ1) is 5.24. The number of alkyl halides is 1. The van der Waals surface area contributed by atoms with E-state index >= 15 is 0 Å². The predicted octanol–water partition coefficient (Wildman–Crippen LogP) is 1.54. The molecule has 58 valence electrons. The molecule has 0 unspecified atom stereocenters. The van der Waals surface area contributed by atoms with E-state index in [0.717, 1.165) is 0 Å². The molecule has 0 bridgehead atoms. The summed E-state index contributed by atoms with van der Waals surface area (Å²) in [7, 11) is 0. The highest BCUT2D eigenvalue weighted by atomic mass is 19.1. The Morgan fingerprint density at radius 2 is 1.91 bits per heavy atom. The van der Waals surface area contributed by atoms with E-state index in [9.17, 15) is 9.18 Å². The summed E-state index contributed by atoms with van der Waals surface area (Å²) in [5.41, 5.74) is 0.283. The molecule has 0 atom stereocenters. The summed E-state index contributed by atoms with van der Waals surface area (Å²) in [4.78, 5) is 10.7. The zero-order valence-electron chi connectivity index (χ0n) is 5.75. The molecule has 11 heavy (non-hydrogen) atoms. The van der Waals surface area contributed by atoms with Gasteiger partial charge in [-0.05, 0) is 24.3 Å². The molecule has 0 heterocycles. The fourth-order valence-electron chi connectivity index (χ4n) is 0.724. The number of carbonyl (C=O) groups is 1. The highest BCUT2D eigenvalue weighted by molar-refractivity contribution is 5.97. The van der Waals surface area contributed by atoms with Gasteiger partial charge in [-0.1, -0.05) is 0 Å². The molecule has 2 nitrogen and oxygen atoms in total. The Labute approximate surface area is 63.3 Å². The van der Waals surface area contributed by atoms with Crippen molar-refractivity contribution in [3.05, 3.63) is 29.8 Å². The highest BCUT2D eigenvalue weighted by Gasteiger charge is 2.02. The Kier molecular flexibility index (Phi) is 2.21. The molecule has 0 aromatic heterocycles. The zero-order chi connectivity index (χ0) is 8.27. The molecular weight excluding hydrogens is 147 g/mol. The lowest BCUT2D eigenvalue weighted by atomic mass is 10.1. The lowest BCUT2D eigenvalue weighted by molar-refractivity contribution is 0.0958. The van der Waals surface area contributed by atoms with Crippen molar-refractivity contribution < 1.29 is 14.3 Å². The number of aromatic hydroxyl groups is 1. The standard InChI is InChI=1S/C8H7FO2/c9-5-8(11)6-1-3-7(10)4-2-6/h1-4,10H,5H2. The van der Waals surface area contributed by atoms with E-state index in [4.69, 9.17) is 5.11 Å². The third-order valence-electron chi connectivity index (χ3n) is 1.31. The molecular formula is C8H7FO2. The Balaban J connectivity index is 2.90. The van der Waals surface area contributed by atoms with Crippen molar-refractivity contribution in [2.75, 3.05) is 6.67 Å². The van der Waals surface area contributed by atoms with Crippen LogP contribution < -0.4 is 0 Å². The largest absolute Gasteiger partial charge is 0.508 e. The van der Waals surface area contributed by atoms with Crippen LogP contribution in [0.25, 0.3) is 0 Å². The number of halogens is 1. The van der Waals surface area contributed by atoms with Gasteiger partial charge in [-0.3, -0.25) is 4.79 Å². The van der Waals surface area contributed by atoms with Crippen LogP contribution in [0.15, 0.2) is 24.3 Å². The normalized spacial score (nSPS) is 9.55. The summed E-state index contributed by atoms with van der Waals surface area (Å²) in [6, 6.07) is 5.47. The van der Waals surface area contributed by atoms with Crippen LogP contribution >= 0.6 is 0 Å². The summed E-state index contributed by atoms with van der Waals surface area (Å²) in [5.74, 6) is -0.495. The van der Waals surface area contributed by atoms with E-state index in [2.05, 4.69) is 0 Å². The molecule has 1 rings (SSSR count). The van der Waals surface area contributed by atoms with Gasteiger partial charge in [0.2, 0.25) is 0 Å². The molecule has 1 N–H and O–H groups in total. The minimum absolute atomic E-state index is 0.0698. The Bertz CT molecular complexity index is 253. The van der Waals surface area contributed by atoms with Crippen LogP contribution in [0.2, 0.25) is 0 Å². The van der Waals surface area contributed by atoms with Crippen LogP contribution in [0.4, 0.5) is 4.39 Å². The maximum atomic E-state index is 11.8. The van der Waals surface area contributed by atoms with Gasteiger partial charge in [-0.2, -0.15) is 0 Å². The second-order valence-corrected chi connectivity index (χ2v) is 2.10. The zero-order valence-corrected chi connectivity index (χ0v) is 5.75. The molecule has 0 fully saturated rings. The lowest BCUT2D eigenvalue weighted by Crippen LogP contribution is -1.99. The number of ketones is 1. The first kappa shape index (κ1) is 7.72. The van der Waals surface area contributed by atoms with Crippen LogP contribution in [-0.2, 0) is 0 Å². The number of phenolic OH excluding ortho intramolecular Hbond substituents is 1. The van der Waals surface area contributed by atoms with Gasteiger partial charge in [-0.25, -0.2) is 4.39 Å². The second kappa shape index (κ2) is 3.14. The number of phenols is 1. The Morgan fingerprint density at radius 1 is 1.36 bits per heavy atom. The first-order valence-corrected chi connectivity index (χ1v) is 3.12. The van der Waals surface area contributed by atoms with Crippen molar-refractivity contribution in [3.8, 4) is 5.75 Å². The quantitative estimate of drug-likeness (QED) is 0.656. The average molecular weight is 154 g/mol. The van der Waals surface area contributed by atoms with Gasteiger partial charge in [-0.15, -0.1) is 0 Å². The Morgan fingerprint density at radius 3 is 2.36 bits per heavy atom. The lowest BCUT2D eigenvalue weighted by Gasteiger charge is -1.94. The summed E-state index contributed by atoms with van der Waals surface area (Å²) in [6.45, 7) is -0.995. The molecule has 3 heteroatoms. The summed E-state index contributed by atoms with van der Waals surface area (Å²) in [5, 5.41) is 8.81. The van der Waals surface area contributed by atoms with Gasteiger partial charge in [0, 0.05) is 5.56 Å². The predicted molar refractivity (Wildman–Crippen MR) is 38.4 cm³/mol. The van der Waals surface area contributed by atoms with E-state index in [1.807, 2.05) is 0 Å². The third-order valence-corrected chi connectivity index (χ3v) is 1.31. The van der Waals surface area contributed by atoms with Crippen molar-refractivity contribution in [2.24, 2.45) is 0 Å². The van der Waals surface area contributed by atoms with Gasteiger partial charge in [0.15, 0.2) is 12.5 Å². The molecule has 0 saturated carbocycles. The topological polar surface area (TPSA) is 37.3 Å². The molecule has 1 aromatic carbocycles. The Hall–Kier alpha value is -1.38. The van der Waals surface area contributed by atoms with E-state index in [1.54, 1.807) is 0 Å². The van der Waals surface area contributed by atoms with Crippen LogP contribution in [-0.4, -0.2) is 17.6 Å². The fraction of sp³-hybridized carbons (Fsp3) is 0.125. The van der Waals surface area contributed by atoms with Gasteiger partial charge >= 0.3 is 0 Å². The number of hydrogen-bond acceptors (Lipinski definition) is 2. The second-order valence-electron chi connectivity index (χ2n) is 2.10. The van der Waals surface area contributed by atoms with Crippen LogP contribution in [0.5, 0.6) is 5.75 Å². The average Bonchev–Trinajstić information content (AvgIpc) is 2.05. The number of benzene rings is 1.